The van der Waals surface area contributed by atoms with Gasteiger partial charge in [0.25, 0.3) is 5.91 Å². The lowest BCUT2D eigenvalue weighted by molar-refractivity contribution is -0.122. The highest BCUT2D eigenvalue weighted by molar-refractivity contribution is 6.22. The van der Waals surface area contributed by atoms with Gasteiger partial charge in [0.1, 0.15) is 5.75 Å². The number of methoxy groups -OCH3 is 1. The third-order valence-electron chi connectivity index (χ3n) is 5.59. The summed E-state index contributed by atoms with van der Waals surface area (Å²) in [5.41, 5.74) is 1.33. The van der Waals surface area contributed by atoms with Crippen LogP contribution in [0.3, 0.4) is 0 Å². The van der Waals surface area contributed by atoms with Crippen LogP contribution in [-0.4, -0.2) is 24.8 Å². The van der Waals surface area contributed by atoms with Crippen LogP contribution in [0.2, 0.25) is 0 Å². The molecule has 0 bridgehead atoms. The van der Waals surface area contributed by atoms with Gasteiger partial charge in [0.2, 0.25) is 11.8 Å². The second-order valence-corrected chi connectivity index (χ2v) is 7.37. The van der Waals surface area contributed by atoms with Crippen LogP contribution >= 0.6 is 0 Å². The molecule has 1 aliphatic heterocycles. The standard InChI is InChI=1S/C23H22N2O4/c1-14-7-5-10-17-20(14)23(28)25(22(17)27)16-9-6-8-15(13-16)21(26)24-18-11-3-4-12-19(18)29-2/h3-9,11-14,17,20H,10H2,1-2H3,(H,24,26). The van der Waals surface area contributed by atoms with Crippen LogP contribution in [0.15, 0.2) is 60.7 Å². The summed E-state index contributed by atoms with van der Waals surface area (Å²) < 4.78 is 5.26. The Hall–Kier alpha value is -3.41. The van der Waals surface area contributed by atoms with Gasteiger partial charge in [0.05, 0.1) is 30.3 Å². The first-order valence-electron chi connectivity index (χ1n) is 9.60. The molecule has 0 aromatic heterocycles. The van der Waals surface area contributed by atoms with Gasteiger partial charge in [-0.3, -0.25) is 19.3 Å². The number of hydrogen-bond donors (Lipinski definition) is 1. The van der Waals surface area contributed by atoms with Crippen LogP contribution in [-0.2, 0) is 9.59 Å². The summed E-state index contributed by atoms with van der Waals surface area (Å²) in [6, 6.07) is 13.7. The van der Waals surface area contributed by atoms with Crippen LogP contribution in [0, 0.1) is 17.8 Å². The summed E-state index contributed by atoms with van der Waals surface area (Å²) in [5.74, 6) is -0.827. The van der Waals surface area contributed by atoms with E-state index in [1.54, 1.807) is 42.5 Å². The molecular weight excluding hydrogens is 368 g/mol. The lowest BCUT2D eigenvalue weighted by Gasteiger charge is -2.22. The van der Waals surface area contributed by atoms with Crippen LogP contribution in [0.4, 0.5) is 11.4 Å². The molecule has 0 radical (unpaired) electrons. The van der Waals surface area contributed by atoms with Crippen molar-refractivity contribution >= 4 is 29.1 Å². The van der Waals surface area contributed by atoms with Gasteiger partial charge in [-0.2, -0.15) is 0 Å². The Balaban J connectivity index is 1.60. The van der Waals surface area contributed by atoms with Crippen LogP contribution in [0.5, 0.6) is 5.75 Å². The second-order valence-electron chi connectivity index (χ2n) is 7.37. The van der Waals surface area contributed by atoms with E-state index in [-0.39, 0.29) is 35.5 Å². The zero-order valence-corrected chi connectivity index (χ0v) is 16.3. The first-order valence-corrected chi connectivity index (χ1v) is 9.60. The Morgan fingerprint density at radius 3 is 2.66 bits per heavy atom. The van der Waals surface area contributed by atoms with E-state index in [4.69, 9.17) is 4.74 Å². The number of rotatable bonds is 4. The van der Waals surface area contributed by atoms with Gasteiger partial charge in [-0.15, -0.1) is 0 Å². The Morgan fingerprint density at radius 1 is 1.10 bits per heavy atom. The third-order valence-corrected chi connectivity index (χ3v) is 5.59. The minimum Gasteiger partial charge on any atom is -0.495 e. The molecule has 1 aliphatic carbocycles. The number of allylic oxidation sites excluding steroid dienone is 2. The molecule has 2 aliphatic rings. The molecule has 6 nitrogen and oxygen atoms in total. The first-order chi connectivity index (χ1) is 14.0. The number of benzene rings is 2. The van der Waals surface area contributed by atoms with E-state index in [0.717, 1.165) is 0 Å². The summed E-state index contributed by atoms with van der Waals surface area (Å²) in [6.45, 7) is 1.96. The summed E-state index contributed by atoms with van der Waals surface area (Å²) in [7, 11) is 1.53. The molecular formula is C23H22N2O4. The summed E-state index contributed by atoms with van der Waals surface area (Å²) in [6.07, 6.45) is 4.54. The Labute approximate surface area is 169 Å². The second kappa shape index (κ2) is 7.54. The van der Waals surface area contributed by atoms with Gasteiger partial charge >= 0.3 is 0 Å². The smallest absolute Gasteiger partial charge is 0.255 e. The average molecular weight is 390 g/mol. The molecule has 4 rings (SSSR count). The highest BCUT2D eigenvalue weighted by Crippen LogP contribution is 2.40. The zero-order chi connectivity index (χ0) is 20.5. The SMILES string of the molecule is COc1ccccc1NC(=O)c1cccc(N2C(=O)C3CC=CC(C)C3C2=O)c1. The fourth-order valence-electron chi connectivity index (χ4n) is 4.13. The maximum atomic E-state index is 13.0. The number of anilines is 2. The van der Waals surface area contributed by atoms with Gasteiger partial charge in [-0.25, -0.2) is 0 Å². The highest BCUT2D eigenvalue weighted by Gasteiger charge is 2.50. The van der Waals surface area contributed by atoms with Crippen molar-refractivity contribution in [2.75, 3.05) is 17.3 Å². The van der Waals surface area contributed by atoms with Gasteiger partial charge < -0.3 is 10.1 Å². The number of nitrogens with one attached hydrogen (secondary N) is 1. The maximum absolute atomic E-state index is 13.0. The van der Waals surface area contributed by atoms with Crippen molar-refractivity contribution in [2.45, 2.75) is 13.3 Å². The minimum atomic E-state index is -0.345. The van der Waals surface area contributed by atoms with E-state index in [2.05, 4.69) is 5.32 Å². The number of hydrogen-bond acceptors (Lipinski definition) is 4. The third kappa shape index (κ3) is 3.31. The van der Waals surface area contributed by atoms with Crippen molar-refractivity contribution in [1.29, 1.82) is 0 Å². The number of para-hydroxylation sites is 2. The van der Waals surface area contributed by atoms with Crippen molar-refractivity contribution in [2.24, 2.45) is 17.8 Å². The molecule has 3 amide bonds. The predicted octanol–water partition coefficient (Wildman–Crippen LogP) is 3.65. The van der Waals surface area contributed by atoms with Gasteiger partial charge in [-0.05, 0) is 42.7 Å². The molecule has 2 aromatic rings. The van der Waals surface area contributed by atoms with E-state index in [1.165, 1.54) is 12.0 Å². The quantitative estimate of drug-likeness (QED) is 0.639. The van der Waals surface area contributed by atoms with E-state index in [0.29, 0.717) is 29.1 Å². The van der Waals surface area contributed by atoms with Crippen LogP contribution < -0.4 is 15.0 Å². The minimum absolute atomic E-state index is 0.0206. The molecule has 3 atom stereocenters. The van der Waals surface area contributed by atoms with E-state index in [1.807, 2.05) is 25.1 Å². The molecule has 0 saturated carbocycles. The Bertz CT molecular complexity index is 1010. The summed E-state index contributed by atoms with van der Waals surface area (Å²) >= 11 is 0. The number of carbonyl (C=O) groups is 3. The number of ether oxygens (including phenoxy) is 1. The number of amides is 3. The van der Waals surface area contributed by atoms with Gasteiger partial charge in [0, 0.05) is 5.56 Å². The molecule has 148 valence electrons. The molecule has 6 heteroatoms. The zero-order valence-electron chi connectivity index (χ0n) is 16.3. The highest BCUT2D eigenvalue weighted by atomic mass is 16.5. The number of nitrogens with zero attached hydrogens (tertiary/aromatic N) is 1. The maximum Gasteiger partial charge on any atom is 0.255 e. The topological polar surface area (TPSA) is 75.7 Å². The first kappa shape index (κ1) is 18.9. The molecule has 3 unspecified atom stereocenters. The van der Waals surface area contributed by atoms with Crippen molar-refractivity contribution < 1.29 is 19.1 Å². The largest absolute Gasteiger partial charge is 0.495 e. The van der Waals surface area contributed by atoms with Crippen LogP contribution in [0.25, 0.3) is 0 Å². The molecule has 0 spiro atoms. The van der Waals surface area contributed by atoms with Gasteiger partial charge in [0.15, 0.2) is 0 Å². The van der Waals surface area contributed by atoms with Crippen LogP contribution in [0.1, 0.15) is 23.7 Å². The predicted molar refractivity (Wildman–Crippen MR) is 110 cm³/mol. The monoisotopic (exact) mass is 390 g/mol. The number of imide groups is 1. The molecule has 1 N–H and O–H groups in total. The normalized spacial score (nSPS) is 23.1. The molecule has 1 heterocycles. The lowest BCUT2D eigenvalue weighted by Crippen LogP contribution is -2.31. The van der Waals surface area contributed by atoms with Crippen molar-refractivity contribution in [3.05, 3.63) is 66.2 Å². The summed E-state index contributed by atoms with van der Waals surface area (Å²) in [4.78, 5) is 39.9. The van der Waals surface area contributed by atoms with Crippen molar-refractivity contribution in [1.82, 2.24) is 0 Å². The fourth-order valence-corrected chi connectivity index (χ4v) is 4.13. The molecule has 2 aromatic carbocycles. The average Bonchev–Trinajstić information content (AvgIpc) is 2.99. The van der Waals surface area contributed by atoms with Crippen molar-refractivity contribution in [3.8, 4) is 5.75 Å². The fraction of sp³-hybridized carbons (Fsp3) is 0.261. The summed E-state index contributed by atoms with van der Waals surface area (Å²) in [5, 5.41) is 2.81. The number of fused-ring (bicyclic) bond motifs is 1. The van der Waals surface area contributed by atoms with E-state index < -0.39 is 0 Å². The molecule has 1 fully saturated rings. The molecule has 29 heavy (non-hydrogen) atoms. The number of carbonyl (C=O) groups excluding carboxylic acids is 3. The molecule has 1 saturated heterocycles. The van der Waals surface area contributed by atoms with E-state index in [9.17, 15) is 14.4 Å². The van der Waals surface area contributed by atoms with Crippen molar-refractivity contribution in [3.63, 3.8) is 0 Å². The Kier molecular flexibility index (Phi) is 4.92. The lowest BCUT2D eigenvalue weighted by atomic mass is 9.78. The van der Waals surface area contributed by atoms with E-state index >= 15 is 0 Å². The van der Waals surface area contributed by atoms with Gasteiger partial charge in [-0.1, -0.05) is 37.3 Å². The Morgan fingerprint density at radius 2 is 1.90 bits per heavy atom.